The van der Waals surface area contributed by atoms with E-state index in [1.165, 1.54) is 0 Å². The van der Waals surface area contributed by atoms with Crippen LogP contribution in [0, 0.1) is 0 Å². The summed E-state index contributed by atoms with van der Waals surface area (Å²) < 4.78 is 7.26. The highest BCUT2D eigenvalue weighted by molar-refractivity contribution is 7.98. The summed E-state index contributed by atoms with van der Waals surface area (Å²) in [6.45, 7) is 6.57. The molecule has 4 rings (SSSR count). The van der Waals surface area contributed by atoms with Gasteiger partial charge in [0, 0.05) is 30.6 Å². The highest BCUT2D eigenvalue weighted by Gasteiger charge is 2.29. The first-order chi connectivity index (χ1) is 15.3. The Morgan fingerprint density at radius 1 is 1.16 bits per heavy atom. The molecule has 32 heavy (non-hydrogen) atoms. The van der Waals surface area contributed by atoms with Crippen molar-refractivity contribution < 1.29 is 14.3 Å². The molecule has 8 nitrogen and oxygen atoms in total. The summed E-state index contributed by atoms with van der Waals surface area (Å²) in [6.07, 6.45) is 2.21. The Kier molecular flexibility index (Phi) is 6.36. The van der Waals surface area contributed by atoms with Crippen LogP contribution in [0.25, 0.3) is 5.65 Å². The SMILES string of the molecule is CC(C)(C)OC(=O)NC1CCN(C(=O)c2ccc(CSc3nnc4ccccn34)cc2)C1. The highest BCUT2D eigenvalue weighted by atomic mass is 32.2. The van der Waals surface area contributed by atoms with Crippen molar-refractivity contribution in [2.75, 3.05) is 13.1 Å². The first kappa shape index (κ1) is 22.1. The summed E-state index contributed by atoms with van der Waals surface area (Å²) >= 11 is 1.60. The summed E-state index contributed by atoms with van der Waals surface area (Å²) in [4.78, 5) is 26.6. The molecule has 1 unspecified atom stereocenters. The number of amides is 2. The van der Waals surface area contributed by atoms with Crippen LogP contribution in [0.1, 0.15) is 43.1 Å². The molecule has 1 aliphatic heterocycles. The van der Waals surface area contributed by atoms with Crippen LogP contribution in [0.4, 0.5) is 4.79 Å². The van der Waals surface area contributed by atoms with Gasteiger partial charge in [-0.2, -0.15) is 0 Å². The van der Waals surface area contributed by atoms with E-state index >= 15 is 0 Å². The molecule has 1 fully saturated rings. The zero-order valence-corrected chi connectivity index (χ0v) is 19.3. The van der Waals surface area contributed by atoms with Gasteiger partial charge < -0.3 is 15.0 Å². The van der Waals surface area contributed by atoms with Gasteiger partial charge in [0.1, 0.15) is 5.60 Å². The average molecular weight is 454 g/mol. The maximum Gasteiger partial charge on any atom is 0.407 e. The van der Waals surface area contributed by atoms with Crippen LogP contribution in [0.5, 0.6) is 0 Å². The fraction of sp³-hybridized carbons (Fsp3) is 0.391. The fourth-order valence-electron chi connectivity index (χ4n) is 3.53. The Morgan fingerprint density at radius 3 is 2.69 bits per heavy atom. The van der Waals surface area contributed by atoms with Gasteiger partial charge in [-0.05, 0) is 57.0 Å². The second kappa shape index (κ2) is 9.20. The van der Waals surface area contributed by atoms with E-state index in [1.54, 1.807) is 16.7 Å². The molecular weight excluding hydrogens is 426 g/mol. The van der Waals surface area contributed by atoms with E-state index in [0.717, 1.165) is 22.1 Å². The van der Waals surface area contributed by atoms with Crippen molar-refractivity contribution in [1.29, 1.82) is 0 Å². The molecule has 0 saturated carbocycles. The topological polar surface area (TPSA) is 88.8 Å². The predicted molar refractivity (Wildman–Crippen MR) is 123 cm³/mol. The number of benzene rings is 1. The van der Waals surface area contributed by atoms with E-state index in [2.05, 4.69) is 15.5 Å². The normalized spacial score (nSPS) is 16.3. The molecule has 2 amide bonds. The summed E-state index contributed by atoms with van der Waals surface area (Å²) in [5, 5.41) is 12.1. The lowest BCUT2D eigenvalue weighted by Crippen LogP contribution is -2.41. The zero-order chi connectivity index (χ0) is 22.7. The van der Waals surface area contributed by atoms with E-state index in [1.807, 2.05) is 73.8 Å². The van der Waals surface area contributed by atoms with Crippen LogP contribution in [-0.4, -0.2) is 56.2 Å². The van der Waals surface area contributed by atoms with Crippen LogP contribution in [0.3, 0.4) is 0 Å². The molecule has 9 heteroatoms. The van der Waals surface area contributed by atoms with Crippen molar-refractivity contribution >= 4 is 29.4 Å². The Balaban J connectivity index is 1.30. The number of nitrogens with one attached hydrogen (secondary N) is 1. The second-order valence-electron chi connectivity index (χ2n) is 8.78. The Bertz CT molecular complexity index is 1110. The number of carbonyl (C=O) groups excluding carboxylic acids is 2. The summed E-state index contributed by atoms with van der Waals surface area (Å²) in [6, 6.07) is 13.4. The third-order valence-corrected chi connectivity index (χ3v) is 6.06. The molecule has 1 atom stereocenters. The minimum atomic E-state index is -0.542. The average Bonchev–Trinajstić information content (AvgIpc) is 3.38. The lowest BCUT2D eigenvalue weighted by molar-refractivity contribution is 0.0502. The van der Waals surface area contributed by atoms with Gasteiger partial charge in [0.05, 0.1) is 6.04 Å². The van der Waals surface area contributed by atoms with Gasteiger partial charge in [0.25, 0.3) is 5.91 Å². The number of fused-ring (bicyclic) bond motifs is 1. The first-order valence-electron chi connectivity index (χ1n) is 10.6. The van der Waals surface area contributed by atoms with Crippen molar-refractivity contribution in [1.82, 2.24) is 24.8 Å². The largest absolute Gasteiger partial charge is 0.444 e. The quantitative estimate of drug-likeness (QED) is 0.592. The van der Waals surface area contributed by atoms with E-state index in [-0.39, 0.29) is 11.9 Å². The number of likely N-dealkylation sites (tertiary alicyclic amines) is 1. The van der Waals surface area contributed by atoms with Crippen LogP contribution >= 0.6 is 11.8 Å². The van der Waals surface area contributed by atoms with Crippen molar-refractivity contribution in [2.24, 2.45) is 0 Å². The molecule has 1 saturated heterocycles. The maximum absolute atomic E-state index is 12.9. The van der Waals surface area contributed by atoms with Gasteiger partial charge in [-0.1, -0.05) is 30.0 Å². The Hall–Kier alpha value is -3.07. The highest BCUT2D eigenvalue weighted by Crippen LogP contribution is 2.22. The number of nitrogens with zero attached hydrogens (tertiary/aromatic N) is 4. The van der Waals surface area contributed by atoms with Crippen LogP contribution in [-0.2, 0) is 10.5 Å². The minimum Gasteiger partial charge on any atom is -0.444 e. The van der Waals surface area contributed by atoms with Crippen LogP contribution < -0.4 is 5.32 Å². The smallest absolute Gasteiger partial charge is 0.407 e. The number of ether oxygens (including phenoxy) is 1. The molecule has 0 radical (unpaired) electrons. The number of rotatable bonds is 5. The number of aromatic nitrogens is 3. The molecule has 0 aliphatic carbocycles. The van der Waals surface area contributed by atoms with Gasteiger partial charge in [0.15, 0.2) is 10.8 Å². The van der Waals surface area contributed by atoms with Crippen LogP contribution in [0.15, 0.2) is 53.8 Å². The van der Waals surface area contributed by atoms with Gasteiger partial charge in [-0.15, -0.1) is 10.2 Å². The van der Waals surface area contributed by atoms with Crippen LogP contribution in [0.2, 0.25) is 0 Å². The van der Waals surface area contributed by atoms with E-state index in [0.29, 0.717) is 25.1 Å². The number of thioether (sulfide) groups is 1. The third-order valence-electron chi connectivity index (χ3n) is 5.05. The standard InChI is InChI=1S/C23H27N5O3S/c1-23(2,3)31-22(30)24-18-11-13-27(14-18)20(29)17-9-7-16(8-10-17)15-32-21-26-25-19-6-4-5-12-28(19)21/h4-10,12,18H,11,13-15H2,1-3H3,(H,24,30). The fourth-order valence-corrected chi connectivity index (χ4v) is 4.41. The molecule has 3 heterocycles. The summed E-state index contributed by atoms with van der Waals surface area (Å²) in [5.74, 6) is 0.705. The molecule has 2 aromatic heterocycles. The second-order valence-corrected chi connectivity index (χ2v) is 9.72. The molecule has 3 aromatic rings. The molecular formula is C23H27N5O3S. The van der Waals surface area contributed by atoms with Gasteiger partial charge in [0.2, 0.25) is 0 Å². The number of pyridine rings is 1. The summed E-state index contributed by atoms with van der Waals surface area (Å²) in [7, 11) is 0. The molecule has 1 aliphatic rings. The number of carbonyl (C=O) groups is 2. The Morgan fingerprint density at radius 2 is 1.94 bits per heavy atom. The minimum absolute atomic E-state index is 0.0267. The number of alkyl carbamates (subject to hydrolysis) is 1. The van der Waals surface area contributed by atoms with Crippen molar-refractivity contribution in [2.45, 2.75) is 49.7 Å². The van der Waals surface area contributed by atoms with E-state index in [9.17, 15) is 9.59 Å². The Labute approximate surface area is 191 Å². The van der Waals surface area contributed by atoms with Crippen molar-refractivity contribution in [3.05, 3.63) is 59.8 Å². The maximum atomic E-state index is 12.9. The third kappa shape index (κ3) is 5.40. The van der Waals surface area contributed by atoms with Gasteiger partial charge in [-0.3, -0.25) is 9.20 Å². The summed E-state index contributed by atoms with van der Waals surface area (Å²) in [5.41, 5.74) is 2.02. The zero-order valence-electron chi connectivity index (χ0n) is 18.4. The van der Waals surface area contributed by atoms with Gasteiger partial charge >= 0.3 is 6.09 Å². The van der Waals surface area contributed by atoms with E-state index in [4.69, 9.17) is 4.74 Å². The molecule has 0 spiro atoms. The van der Waals surface area contributed by atoms with Crippen molar-refractivity contribution in [3.8, 4) is 0 Å². The molecule has 1 N–H and O–H groups in total. The first-order valence-corrected chi connectivity index (χ1v) is 11.6. The van der Waals surface area contributed by atoms with E-state index < -0.39 is 11.7 Å². The molecule has 1 aromatic carbocycles. The molecule has 0 bridgehead atoms. The lowest BCUT2D eigenvalue weighted by atomic mass is 10.1. The predicted octanol–water partition coefficient (Wildman–Crippen LogP) is 3.76. The van der Waals surface area contributed by atoms with Crippen molar-refractivity contribution in [3.63, 3.8) is 0 Å². The molecule has 168 valence electrons. The van der Waals surface area contributed by atoms with Gasteiger partial charge in [-0.25, -0.2) is 4.79 Å². The number of hydrogen-bond acceptors (Lipinski definition) is 6. The lowest BCUT2D eigenvalue weighted by Gasteiger charge is -2.22. The number of hydrogen-bond donors (Lipinski definition) is 1. The monoisotopic (exact) mass is 453 g/mol.